The number of benzene rings is 5. The number of hydrogen-bond donors (Lipinski definition) is 0. The third-order valence-corrected chi connectivity index (χ3v) is 6.40. The molecule has 5 aromatic carbocycles. The molecule has 0 spiro atoms. The summed E-state index contributed by atoms with van der Waals surface area (Å²) in [6.45, 7) is 2.18. The van der Waals surface area contributed by atoms with Crippen LogP contribution in [-0.2, 0) is 0 Å². The Bertz CT molecular complexity index is 1440. The van der Waals surface area contributed by atoms with Crippen molar-refractivity contribution in [3.63, 3.8) is 0 Å². The average Bonchev–Trinajstić information content (AvgIpc) is 2.83. The van der Waals surface area contributed by atoms with Crippen molar-refractivity contribution in [1.29, 1.82) is 0 Å². The van der Waals surface area contributed by atoms with E-state index in [0.717, 1.165) is 4.47 Å². The van der Waals surface area contributed by atoms with Crippen molar-refractivity contribution in [2.45, 2.75) is 6.92 Å². The number of hydrogen-bond acceptors (Lipinski definition) is 0. The van der Waals surface area contributed by atoms with Crippen LogP contribution in [0.4, 0.5) is 0 Å². The molecule has 0 unspecified atom stereocenters. The second-order valence-corrected chi connectivity index (χ2v) is 8.94. The van der Waals surface area contributed by atoms with Crippen LogP contribution in [0.15, 0.2) is 114 Å². The van der Waals surface area contributed by atoms with Gasteiger partial charge in [-0.1, -0.05) is 119 Å². The maximum Gasteiger partial charge on any atom is 0.0181 e. The molecule has 0 amide bonds. The van der Waals surface area contributed by atoms with E-state index in [-0.39, 0.29) is 0 Å². The first-order valence-electron chi connectivity index (χ1n) is 10.8. The van der Waals surface area contributed by atoms with Crippen LogP contribution in [0.25, 0.3) is 45.2 Å². The summed E-state index contributed by atoms with van der Waals surface area (Å²) in [5.41, 5.74) is 8.65. The fourth-order valence-corrected chi connectivity index (χ4v) is 4.64. The van der Waals surface area contributed by atoms with Gasteiger partial charge in [0, 0.05) is 4.47 Å². The van der Waals surface area contributed by atoms with Gasteiger partial charge >= 0.3 is 0 Å². The first-order chi connectivity index (χ1) is 15.7. The Morgan fingerprint density at radius 1 is 0.562 bits per heavy atom. The monoisotopic (exact) mass is 474 g/mol. The molecule has 0 fully saturated rings. The van der Waals surface area contributed by atoms with Crippen LogP contribution in [0, 0.1) is 6.92 Å². The average molecular weight is 475 g/mol. The molecule has 0 bridgehead atoms. The highest BCUT2D eigenvalue weighted by molar-refractivity contribution is 9.10. The third kappa shape index (κ3) is 4.17. The molecule has 0 N–H and O–H groups in total. The zero-order valence-corrected chi connectivity index (χ0v) is 19.5. The van der Waals surface area contributed by atoms with Crippen molar-refractivity contribution in [2.24, 2.45) is 0 Å². The van der Waals surface area contributed by atoms with Crippen LogP contribution in [0.1, 0.15) is 16.7 Å². The van der Waals surface area contributed by atoms with Crippen LogP contribution in [0.5, 0.6) is 0 Å². The summed E-state index contributed by atoms with van der Waals surface area (Å²) >= 11 is 3.61. The minimum absolute atomic E-state index is 1.09. The highest BCUT2D eigenvalue weighted by Crippen LogP contribution is 2.33. The fourth-order valence-electron chi connectivity index (χ4n) is 4.24. The highest BCUT2D eigenvalue weighted by Gasteiger charge is 2.09. The van der Waals surface area contributed by atoms with E-state index in [9.17, 15) is 0 Å². The summed E-state index contributed by atoms with van der Waals surface area (Å²) in [6.07, 6.45) is 4.50. The second kappa shape index (κ2) is 8.98. The Labute approximate surface area is 198 Å². The molecule has 0 heterocycles. The third-order valence-electron chi connectivity index (χ3n) is 5.91. The van der Waals surface area contributed by atoms with Crippen LogP contribution in [0.2, 0.25) is 0 Å². The molecule has 154 valence electrons. The van der Waals surface area contributed by atoms with Gasteiger partial charge in [0.25, 0.3) is 0 Å². The molecule has 5 aromatic rings. The van der Waals surface area contributed by atoms with Gasteiger partial charge in [-0.3, -0.25) is 0 Å². The van der Waals surface area contributed by atoms with Crippen molar-refractivity contribution in [1.82, 2.24) is 0 Å². The summed E-state index contributed by atoms with van der Waals surface area (Å²) < 4.78 is 1.09. The Kier molecular flexibility index (Phi) is 5.75. The molecule has 0 aliphatic heterocycles. The predicted molar refractivity (Wildman–Crippen MR) is 143 cm³/mol. The molecule has 0 aromatic heterocycles. The maximum atomic E-state index is 3.61. The van der Waals surface area contributed by atoms with E-state index >= 15 is 0 Å². The van der Waals surface area contributed by atoms with Gasteiger partial charge in [-0.25, -0.2) is 0 Å². The zero-order chi connectivity index (χ0) is 21.9. The molecule has 32 heavy (non-hydrogen) atoms. The zero-order valence-electron chi connectivity index (χ0n) is 17.9. The summed E-state index contributed by atoms with van der Waals surface area (Å²) in [4.78, 5) is 0. The summed E-state index contributed by atoms with van der Waals surface area (Å²) in [6, 6.07) is 38.9. The first kappa shape index (κ1) is 20.5. The van der Waals surface area contributed by atoms with Gasteiger partial charge in [0.05, 0.1) is 0 Å². The van der Waals surface area contributed by atoms with Crippen LogP contribution < -0.4 is 0 Å². The molecule has 1 heteroatoms. The van der Waals surface area contributed by atoms with Gasteiger partial charge in [-0.05, 0) is 74.8 Å². The van der Waals surface area contributed by atoms with Gasteiger partial charge in [0.1, 0.15) is 0 Å². The maximum absolute atomic E-state index is 3.61. The first-order valence-corrected chi connectivity index (χ1v) is 11.6. The van der Waals surface area contributed by atoms with Gasteiger partial charge in [0.2, 0.25) is 0 Å². The van der Waals surface area contributed by atoms with Crippen molar-refractivity contribution < 1.29 is 0 Å². The molecular formula is C31H23Br. The van der Waals surface area contributed by atoms with Crippen molar-refractivity contribution in [2.75, 3.05) is 0 Å². The molecule has 0 aliphatic carbocycles. The molecule has 0 nitrogen and oxygen atoms in total. The molecule has 0 saturated carbocycles. The van der Waals surface area contributed by atoms with E-state index in [2.05, 4.69) is 144 Å². The molecule has 0 saturated heterocycles. The fraction of sp³-hybridized carbons (Fsp3) is 0.0323. The topological polar surface area (TPSA) is 0 Å². The van der Waals surface area contributed by atoms with E-state index in [1.165, 1.54) is 49.7 Å². The lowest BCUT2D eigenvalue weighted by Crippen LogP contribution is -1.89. The predicted octanol–water partition coefficient (Wildman–Crippen LogP) is 9.42. The number of fused-ring (bicyclic) bond motifs is 1. The van der Waals surface area contributed by atoms with Gasteiger partial charge < -0.3 is 0 Å². The summed E-state index contributed by atoms with van der Waals surface area (Å²) in [5.74, 6) is 0. The minimum atomic E-state index is 1.09. The SMILES string of the molecule is Cc1ccccc1-c1ccc(-c2cccc(Br)c2)cc1/C=C\c1cccc2ccccc12. The summed E-state index contributed by atoms with van der Waals surface area (Å²) in [7, 11) is 0. The standard InChI is InChI=1S/C31H23Br/c1-22-8-2-4-14-29(22)31-19-18-26(25-12-7-13-28(32)21-25)20-27(31)17-16-24-11-6-10-23-9-3-5-15-30(23)24/h2-21H,1H3/b17-16-. The lowest BCUT2D eigenvalue weighted by Gasteiger charge is -2.13. The Balaban J connectivity index is 1.66. The van der Waals surface area contributed by atoms with Crippen LogP contribution in [-0.4, -0.2) is 0 Å². The molecule has 5 rings (SSSR count). The minimum Gasteiger partial charge on any atom is -0.0620 e. The van der Waals surface area contributed by atoms with E-state index in [4.69, 9.17) is 0 Å². The smallest absolute Gasteiger partial charge is 0.0181 e. The van der Waals surface area contributed by atoms with E-state index in [1.807, 2.05) is 0 Å². The van der Waals surface area contributed by atoms with E-state index in [1.54, 1.807) is 0 Å². The number of rotatable bonds is 4. The second-order valence-electron chi connectivity index (χ2n) is 8.03. The van der Waals surface area contributed by atoms with Gasteiger partial charge in [0.15, 0.2) is 0 Å². The Hall–Kier alpha value is -3.42. The van der Waals surface area contributed by atoms with E-state index in [0.29, 0.717) is 0 Å². The van der Waals surface area contributed by atoms with Crippen molar-refractivity contribution in [3.8, 4) is 22.3 Å². The largest absolute Gasteiger partial charge is 0.0620 e. The van der Waals surface area contributed by atoms with Crippen molar-refractivity contribution >= 4 is 38.9 Å². The van der Waals surface area contributed by atoms with Crippen LogP contribution in [0.3, 0.4) is 0 Å². The highest BCUT2D eigenvalue weighted by atomic mass is 79.9. The molecule has 0 aliphatic rings. The quantitative estimate of drug-likeness (QED) is 0.227. The lowest BCUT2D eigenvalue weighted by molar-refractivity contribution is 1.45. The number of aryl methyl sites for hydroxylation is 1. The Morgan fingerprint density at radius 3 is 2.16 bits per heavy atom. The van der Waals surface area contributed by atoms with Gasteiger partial charge in [-0.2, -0.15) is 0 Å². The molecule has 0 atom stereocenters. The lowest BCUT2D eigenvalue weighted by atomic mass is 9.92. The normalized spacial score (nSPS) is 11.3. The number of halogens is 1. The van der Waals surface area contributed by atoms with Gasteiger partial charge in [-0.15, -0.1) is 0 Å². The van der Waals surface area contributed by atoms with E-state index < -0.39 is 0 Å². The van der Waals surface area contributed by atoms with Crippen LogP contribution >= 0.6 is 15.9 Å². The molecular weight excluding hydrogens is 452 g/mol. The summed E-state index contributed by atoms with van der Waals surface area (Å²) in [5, 5.41) is 2.53. The van der Waals surface area contributed by atoms with Crippen molar-refractivity contribution in [3.05, 3.63) is 130 Å². The molecule has 0 radical (unpaired) electrons. The Morgan fingerprint density at radius 2 is 1.28 bits per heavy atom.